The minimum Gasteiger partial charge on any atom is -0.497 e. The van der Waals surface area contributed by atoms with E-state index in [0.29, 0.717) is 36.0 Å². The zero-order valence-electron chi connectivity index (χ0n) is 19.4. The van der Waals surface area contributed by atoms with E-state index in [-0.39, 0.29) is 5.91 Å². The Labute approximate surface area is 191 Å². The fraction of sp³-hybridized carbons (Fsp3) is 0.292. The monoisotopic (exact) mass is 449 g/mol. The molecule has 0 fully saturated rings. The van der Waals surface area contributed by atoms with Gasteiger partial charge in [-0.25, -0.2) is 0 Å². The summed E-state index contributed by atoms with van der Waals surface area (Å²) in [6, 6.07) is 11.0. The molecule has 0 bridgehead atoms. The van der Waals surface area contributed by atoms with E-state index in [0.717, 1.165) is 28.3 Å². The smallest absolute Gasteiger partial charge is 0.269 e. The van der Waals surface area contributed by atoms with Crippen molar-refractivity contribution in [3.8, 4) is 34.1 Å². The molecule has 3 aromatic heterocycles. The number of amides is 1. The summed E-state index contributed by atoms with van der Waals surface area (Å²) in [4.78, 5) is 12.8. The Kier molecular flexibility index (Phi) is 6.21. The van der Waals surface area contributed by atoms with Gasteiger partial charge in [0.15, 0.2) is 0 Å². The Morgan fingerprint density at radius 2 is 1.94 bits per heavy atom. The molecule has 33 heavy (non-hydrogen) atoms. The number of benzene rings is 1. The van der Waals surface area contributed by atoms with E-state index in [2.05, 4.69) is 15.5 Å². The first kappa shape index (κ1) is 22.2. The number of hydrogen-bond acceptors (Lipinski definition) is 6. The summed E-state index contributed by atoms with van der Waals surface area (Å²) < 4.78 is 19.7. The molecule has 3 heterocycles. The molecule has 0 saturated carbocycles. The highest BCUT2D eigenvalue weighted by molar-refractivity contribution is 5.94. The lowest BCUT2D eigenvalue weighted by atomic mass is 10.1. The number of rotatable bonds is 8. The molecular formula is C24H27N5O4. The number of hydrogen-bond donors (Lipinski definition) is 1. The minimum absolute atomic E-state index is 0.217. The predicted octanol–water partition coefficient (Wildman–Crippen LogP) is 3.61. The van der Waals surface area contributed by atoms with Crippen LogP contribution in [-0.2, 0) is 13.6 Å². The third-order valence-electron chi connectivity index (χ3n) is 5.55. The van der Waals surface area contributed by atoms with Crippen molar-refractivity contribution in [2.24, 2.45) is 7.05 Å². The van der Waals surface area contributed by atoms with Crippen LogP contribution < -0.4 is 14.8 Å². The van der Waals surface area contributed by atoms with E-state index in [1.54, 1.807) is 38.3 Å². The lowest BCUT2D eigenvalue weighted by molar-refractivity contribution is 0.0942. The second-order valence-electron chi connectivity index (χ2n) is 7.61. The van der Waals surface area contributed by atoms with E-state index in [4.69, 9.17) is 13.9 Å². The van der Waals surface area contributed by atoms with Crippen molar-refractivity contribution in [2.75, 3.05) is 20.8 Å². The van der Waals surface area contributed by atoms with Crippen molar-refractivity contribution >= 4 is 5.91 Å². The molecule has 0 saturated heterocycles. The fourth-order valence-electron chi connectivity index (χ4n) is 3.88. The van der Waals surface area contributed by atoms with Gasteiger partial charge in [-0.3, -0.25) is 14.2 Å². The number of carbonyl (C=O) groups is 1. The second-order valence-corrected chi connectivity index (χ2v) is 7.61. The number of ether oxygens (including phenoxy) is 2. The van der Waals surface area contributed by atoms with Gasteiger partial charge in [0.2, 0.25) is 0 Å². The highest BCUT2D eigenvalue weighted by Crippen LogP contribution is 2.33. The van der Waals surface area contributed by atoms with Gasteiger partial charge in [-0.2, -0.15) is 10.2 Å². The number of aromatic nitrogens is 4. The Morgan fingerprint density at radius 1 is 1.12 bits per heavy atom. The first-order valence-electron chi connectivity index (χ1n) is 10.6. The Balaban J connectivity index is 1.47. The molecule has 0 radical (unpaired) electrons. The van der Waals surface area contributed by atoms with Crippen LogP contribution in [0.1, 0.15) is 21.9 Å². The van der Waals surface area contributed by atoms with Crippen LogP contribution in [0.15, 0.2) is 47.1 Å². The molecule has 0 spiro atoms. The fourth-order valence-corrected chi connectivity index (χ4v) is 3.88. The number of nitrogens with zero attached hydrogens (tertiary/aromatic N) is 4. The van der Waals surface area contributed by atoms with Crippen molar-refractivity contribution in [2.45, 2.75) is 20.4 Å². The summed E-state index contributed by atoms with van der Waals surface area (Å²) in [7, 11) is 4.93. The highest BCUT2D eigenvalue weighted by Gasteiger charge is 2.18. The van der Waals surface area contributed by atoms with Crippen LogP contribution >= 0.6 is 0 Å². The van der Waals surface area contributed by atoms with Gasteiger partial charge in [-0.15, -0.1) is 0 Å². The third-order valence-corrected chi connectivity index (χ3v) is 5.55. The SMILES string of the molecule is COc1ccc(OC)c(-c2cc(C(=O)NCCn3nc(C)c(-c4ccco4)c3C)n(C)n2)c1. The highest BCUT2D eigenvalue weighted by atomic mass is 16.5. The average Bonchev–Trinajstić information content (AvgIpc) is 3.53. The molecular weight excluding hydrogens is 422 g/mol. The van der Waals surface area contributed by atoms with Gasteiger partial charge >= 0.3 is 0 Å². The molecule has 0 atom stereocenters. The number of nitrogens with one attached hydrogen (secondary N) is 1. The number of aryl methyl sites for hydroxylation is 2. The summed E-state index contributed by atoms with van der Waals surface area (Å²) in [6.07, 6.45) is 1.65. The largest absolute Gasteiger partial charge is 0.497 e. The van der Waals surface area contributed by atoms with Crippen molar-refractivity contribution in [3.05, 3.63) is 59.7 Å². The molecule has 0 unspecified atom stereocenters. The van der Waals surface area contributed by atoms with Gasteiger partial charge in [0.25, 0.3) is 5.91 Å². The second kappa shape index (κ2) is 9.23. The normalized spacial score (nSPS) is 10.9. The molecule has 172 valence electrons. The summed E-state index contributed by atoms with van der Waals surface area (Å²) in [6.45, 7) is 4.90. The van der Waals surface area contributed by atoms with Gasteiger partial charge in [-0.1, -0.05) is 0 Å². The number of methoxy groups -OCH3 is 2. The molecule has 1 N–H and O–H groups in total. The number of furan rings is 1. The van der Waals surface area contributed by atoms with Crippen molar-refractivity contribution in [3.63, 3.8) is 0 Å². The zero-order chi connectivity index (χ0) is 23.5. The molecule has 0 aliphatic rings. The molecule has 0 aliphatic heterocycles. The lowest BCUT2D eigenvalue weighted by Crippen LogP contribution is -2.29. The van der Waals surface area contributed by atoms with Crippen molar-refractivity contribution in [1.29, 1.82) is 0 Å². The molecule has 9 heteroatoms. The van der Waals surface area contributed by atoms with Crippen LogP contribution in [0.5, 0.6) is 11.5 Å². The predicted molar refractivity (Wildman–Crippen MR) is 123 cm³/mol. The minimum atomic E-state index is -0.217. The van der Waals surface area contributed by atoms with E-state index in [1.807, 2.05) is 48.9 Å². The van der Waals surface area contributed by atoms with Crippen molar-refractivity contribution < 1.29 is 18.7 Å². The quantitative estimate of drug-likeness (QED) is 0.441. The van der Waals surface area contributed by atoms with Crippen molar-refractivity contribution in [1.82, 2.24) is 24.9 Å². The standard InChI is InChI=1S/C24H27N5O4/c1-15-23(22-7-6-12-33-22)16(2)29(26-15)11-10-25-24(30)20-14-19(27-28(20)3)18-13-17(31-4)8-9-21(18)32-5/h6-9,12-14H,10-11H2,1-5H3,(H,25,30). The zero-order valence-corrected chi connectivity index (χ0v) is 19.4. The number of carbonyl (C=O) groups excluding carboxylic acids is 1. The topological polar surface area (TPSA) is 96.3 Å². The third kappa shape index (κ3) is 4.34. The maximum atomic E-state index is 12.8. The van der Waals surface area contributed by atoms with E-state index >= 15 is 0 Å². The molecule has 9 nitrogen and oxygen atoms in total. The van der Waals surface area contributed by atoms with E-state index in [9.17, 15) is 4.79 Å². The molecule has 1 amide bonds. The molecule has 0 aliphatic carbocycles. The lowest BCUT2D eigenvalue weighted by Gasteiger charge is -2.08. The summed E-state index contributed by atoms with van der Waals surface area (Å²) >= 11 is 0. The molecule has 4 aromatic rings. The molecule has 4 rings (SSSR count). The molecule has 1 aromatic carbocycles. The average molecular weight is 450 g/mol. The van der Waals surface area contributed by atoms with Crippen LogP contribution in [0, 0.1) is 13.8 Å². The summed E-state index contributed by atoms with van der Waals surface area (Å²) in [5.74, 6) is 1.90. The van der Waals surface area contributed by atoms with Gasteiger partial charge in [-0.05, 0) is 50.2 Å². The van der Waals surface area contributed by atoms with Crippen LogP contribution in [0.25, 0.3) is 22.6 Å². The summed E-state index contributed by atoms with van der Waals surface area (Å²) in [5.41, 5.74) is 4.68. The maximum Gasteiger partial charge on any atom is 0.269 e. The Bertz CT molecular complexity index is 1270. The van der Waals surface area contributed by atoms with E-state index in [1.165, 1.54) is 0 Å². The van der Waals surface area contributed by atoms with Crippen LogP contribution in [0.4, 0.5) is 0 Å². The first-order valence-corrected chi connectivity index (χ1v) is 10.6. The first-order chi connectivity index (χ1) is 15.9. The van der Waals surface area contributed by atoms with Crippen LogP contribution in [0.3, 0.4) is 0 Å². The Morgan fingerprint density at radius 3 is 2.64 bits per heavy atom. The Hall–Kier alpha value is -4.01. The van der Waals surface area contributed by atoms with Gasteiger partial charge in [0.05, 0.1) is 44.0 Å². The van der Waals surface area contributed by atoms with Crippen LogP contribution in [-0.4, -0.2) is 46.2 Å². The van der Waals surface area contributed by atoms with E-state index < -0.39 is 0 Å². The van der Waals surface area contributed by atoms with Gasteiger partial charge < -0.3 is 19.2 Å². The summed E-state index contributed by atoms with van der Waals surface area (Å²) in [5, 5.41) is 12.1. The maximum absolute atomic E-state index is 12.8. The van der Waals surface area contributed by atoms with Crippen LogP contribution in [0.2, 0.25) is 0 Å². The van der Waals surface area contributed by atoms with Gasteiger partial charge in [0, 0.05) is 24.8 Å². The van der Waals surface area contributed by atoms with Gasteiger partial charge in [0.1, 0.15) is 23.0 Å².